The zero-order chi connectivity index (χ0) is 23.4. The number of rotatable bonds is 8. The standard InChI is InChI=1S/C24H27N3O4S2/c1-17-3-7-19(8-4-17)22-15-32-24(25-22)26-23(28)14-27(20-11-12-33(29,30)16-20)13-18-5-9-21(31-2)10-6-18/h3-10,15,20H,11-14,16H2,1-2H3,(H,25,26,28). The summed E-state index contributed by atoms with van der Waals surface area (Å²) in [5, 5.41) is 5.32. The lowest BCUT2D eigenvalue weighted by molar-refractivity contribution is -0.117. The van der Waals surface area contributed by atoms with Gasteiger partial charge in [-0.05, 0) is 31.0 Å². The van der Waals surface area contributed by atoms with Gasteiger partial charge in [0.15, 0.2) is 15.0 Å². The van der Waals surface area contributed by atoms with Crippen LogP contribution in [-0.2, 0) is 21.2 Å². The highest BCUT2D eigenvalue weighted by molar-refractivity contribution is 7.91. The number of aryl methyl sites for hydroxylation is 1. The van der Waals surface area contributed by atoms with Crippen molar-refractivity contribution in [3.63, 3.8) is 0 Å². The van der Waals surface area contributed by atoms with Crippen LogP contribution >= 0.6 is 11.3 Å². The van der Waals surface area contributed by atoms with E-state index in [2.05, 4.69) is 10.3 Å². The van der Waals surface area contributed by atoms with Crippen LogP contribution in [0.1, 0.15) is 17.5 Å². The number of aromatic nitrogens is 1. The van der Waals surface area contributed by atoms with Gasteiger partial charge in [-0.3, -0.25) is 9.69 Å². The summed E-state index contributed by atoms with van der Waals surface area (Å²) in [5.74, 6) is 0.771. The van der Waals surface area contributed by atoms with E-state index in [-0.39, 0.29) is 30.0 Å². The molecule has 0 saturated carbocycles. The second-order valence-corrected chi connectivity index (χ2v) is 11.3. The van der Waals surface area contributed by atoms with Crippen molar-refractivity contribution in [2.75, 3.05) is 30.5 Å². The molecule has 9 heteroatoms. The zero-order valence-electron chi connectivity index (χ0n) is 18.7. The van der Waals surface area contributed by atoms with Crippen LogP contribution in [0, 0.1) is 6.92 Å². The highest BCUT2D eigenvalue weighted by atomic mass is 32.2. The van der Waals surface area contributed by atoms with Crippen LogP contribution in [0.2, 0.25) is 0 Å². The monoisotopic (exact) mass is 485 g/mol. The van der Waals surface area contributed by atoms with Gasteiger partial charge in [-0.15, -0.1) is 11.3 Å². The van der Waals surface area contributed by atoms with Crippen LogP contribution in [0.3, 0.4) is 0 Å². The largest absolute Gasteiger partial charge is 0.497 e. The molecule has 0 aliphatic carbocycles. The second kappa shape index (κ2) is 10.0. The topological polar surface area (TPSA) is 88.6 Å². The molecule has 7 nitrogen and oxygen atoms in total. The molecule has 1 aromatic heterocycles. The number of amides is 1. The molecule has 1 N–H and O–H groups in total. The average molecular weight is 486 g/mol. The molecule has 1 saturated heterocycles. The van der Waals surface area contributed by atoms with Gasteiger partial charge in [-0.25, -0.2) is 13.4 Å². The van der Waals surface area contributed by atoms with E-state index in [4.69, 9.17) is 4.74 Å². The van der Waals surface area contributed by atoms with E-state index in [1.54, 1.807) is 7.11 Å². The Labute approximate surface area is 198 Å². The van der Waals surface area contributed by atoms with Gasteiger partial charge >= 0.3 is 0 Å². The number of ether oxygens (including phenoxy) is 1. The number of thiazole rings is 1. The predicted molar refractivity (Wildman–Crippen MR) is 131 cm³/mol. The number of nitrogens with zero attached hydrogens (tertiary/aromatic N) is 2. The summed E-state index contributed by atoms with van der Waals surface area (Å²) in [5.41, 5.74) is 3.97. The van der Waals surface area contributed by atoms with Crippen LogP contribution in [0.25, 0.3) is 11.3 Å². The van der Waals surface area contributed by atoms with E-state index in [0.29, 0.717) is 18.1 Å². The molecule has 2 heterocycles. The normalized spacial score (nSPS) is 17.2. The first kappa shape index (κ1) is 23.4. The lowest BCUT2D eigenvalue weighted by atomic mass is 10.1. The molecule has 1 atom stereocenters. The Hall–Kier alpha value is -2.75. The molecule has 3 aromatic rings. The summed E-state index contributed by atoms with van der Waals surface area (Å²) >= 11 is 1.37. The first-order valence-corrected chi connectivity index (χ1v) is 13.4. The Morgan fingerprint density at radius 3 is 2.55 bits per heavy atom. The summed E-state index contributed by atoms with van der Waals surface area (Å²) in [6, 6.07) is 15.5. The Morgan fingerprint density at radius 2 is 1.91 bits per heavy atom. The minimum absolute atomic E-state index is 0.0747. The van der Waals surface area contributed by atoms with Gasteiger partial charge in [-0.1, -0.05) is 42.0 Å². The maximum absolute atomic E-state index is 12.9. The zero-order valence-corrected chi connectivity index (χ0v) is 20.3. The van der Waals surface area contributed by atoms with Crippen LogP contribution in [-0.4, -0.2) is 55.4 Å². The molecule has 174 valence electrons. The van der Waals surface area contributed by atoms with Crippen molar-refractivity contribution >= 4 is 32.2 Å². The molecule has 33 heavy (non-hydrogen) atoms. The summed E-state index contributed by atoms with van der Waals surface area (Å²) in [4.78, 5) is 19.3. The Kier molecular flexibility index (Phi) is 7.11. The lowest BCUT2D eigenvalue weighted by Crippen LogP contribution is -2.41. The van der Waals surface area contributed by atoms with Crippen LogP contribution < -0.4 is 10.1 Å². The fraction of sp³-hybridized carbons (Fsp3) is 0.333. The van der Waals surface area contributed by atoms with Crippen molar-refractivity contribution < 1.29 is 17.9 Å². The molecule has 1 fully saturated rings. The van der Waals surface area contributed by atoms with E-state index in [1.807, 2.05) is 65.7 Å². The maximum Gasteiger partial charge on any atom is 0.240 e. The molecule has 1 unspecified atom stereocenters. The quantitative estimate of drug-likeness (QED) is 0.523. The van der Waals surface area contributed by atoms with Crippen LogP contribution in [0.5, 0.6) is 5.75 Å². The number of benzene rings is 2. The molecule has 1 aliphatic heterocycles. The second-order valence-electron chi connectivity index (χ2n) is 8.26. The minimum Gasteiger partial charge on any atom is -0.497 e. The van der Waals surface area contributed by atoms with Crippen molar-refractivity contribution in [3.05, 3.63) is 65.0 Å². The van der Waals surface area contributed by atoms with Gasteiger partial charge < -0.3 is 10.1 Å². The molecule has 0 bridgehead atoms. The van der Waals surface area contributed by atoms with Gasteiger partial charge in [0.05, 0.1) is 30.9 Å². The number of carbonyl (C=O) groups is 1. The molecule has 0 spiro atoms. The van der Waals surface area contributed by atoms with E-state index in [0.717, 1.165) is 22.6 Å². The molecule has 1 aliphatic rings. The smallest absolute Gasteiger partial charge is 0.240 e. The molecule has 0 radical (unpaired) electrons. The highest BCUT2D eigenvalue weighted by Crippen LogP contribution is 2.26. The summed E-state index contributed by atoms with van der Waals surface area (Å²) in [6.45, 7) is 2.60. The third-order valence-corrected chi connectivity index (χ3v) is 8.22. The average Bonchev–Trinajstić information content (AvgIpc) is 3.40. The van der Waals surface area contributed by atoms with Crippen LogP contribution in [0.4, 0.5) is 5.13 Å². The molecule has 1 amide bonds. The lowest BCUT2D eigenvalue weighted by Gasteiger charge is -2.27. The number of nitrogens with one attached hydrogen (secondary N) is 1. The number of hydrogen-bond acceptors (Lipinski definition) is 7. The van der Waals surface area contributed by atoms with Gasteiger partial charge in [0, 0.05) is 23.5 Å². The Morgan fingerprint density at radius 1 is 1.18 bits per heavy atom. The molecule has 2 aromatic carbocycles. The first-order chi connectivity index (χ1) is 15.8. The van der Waals surface area contributed by atoms with E-state index in [1.165, 1.54) is 16.9 Å². The SMILES string of the molecule is COc1ccc(CN(CC(=O)Nc2nc(-c3ccc(C)cc3)cs2)C2CCS(=O)(=O)C2)cc1. The van der Waals surface area contributed by atoms with E-state index >= 15 is 0 Å². The Bertz CT molecular complexity index is 1210. The van der Waals surface area contributed by atoms with E-state index in [9.17, 15) is 13.2 Å². The summed E-state index contributed by atoms with van der Waals surface area (Å²) < 4.78 is 29.3. The van der Waals surface area contributed by atoms with E-state index < -0.39 is 9.84 Å². The van der Waals surface area contributed by atoms with Crippen LogP contribution in [0.15, 0.2) is 53.9 Å². The first-order valence-electron chi connectivity index (χ1n) is 10.7. The van der Waals surface area contributed by atoms with Gasteiger partial charge in [0.1, 0.15) is 5.75 Å². The molecule has 4 rings (SSSR count). The van der Waals surface area contributed by atoms with Crippen molar-refractivity contribution in [2.45, 2.75) is 25.9 Å². The fourth-order valence-corrected chi connectivity index (χ4v) is 6.37. The highest BCUT2D eigenvalue weighted by Gasteiger charge is 2.33. The third kappa shape index (κ3) is 6.19. The molecular formula is C24H27N3O4S2. The summed E-state index contributed by atoms with van der Waals surface area (Å²) in [6.07, 6.45) is 0.528. The number of hydrogen-bond donors (Lipinski definition) is 1. The van der Waals surface area contributed by atoms with Crippen molar-refractivity contribution in [1.29, 1.82) is 0 Å². The van der Waals surface area contributed by atoms with Gasteiger partial charge in [-0.2, -0.15) is 0 Å². The predicted octanol–water partition coefficient (Wildman–Crippen LogP) is 3.75. The number of sulfone groups is 1. The Balaban J connectivity index is 1.44. The molecular weight excluding hydrogens is 458 g/mol. The minimum atomic E-state index is -3.07. The number of anilines is 1. The maximum atomic E-state index is 12.9. The van der Waals surface area contributed by atoms with Crippen molar-refractivity contribution in [3.8, 4) is 17.0 Å². The number of methoxy groups -OCH3 is 1. The van der Waals surface area contributed by atoms with Crippen molar-refractivity contribution in [2.24, 2.45) is 0 Å². The summed E-state index contributed by atoms with van der Waals surface area (Å²) in [7, 11) is -1.46. The third-order valence-electron chi connectivity index (χ3n) is 5.71. The van der Waals surface area contributed by atoms with Crippen molar-refractivity contribution in [1.82, 2.24) is 9.88 Å². The van der Waals surface area contributed by atoms with Gasteiger partial charge in [0.2, 0.25) is 5.91 Å². The van der Waals surface area contributed by atoms with Gasteiger partial charge in [0.25, 0.3) is 0 Å². The number of carbonyl (C=O) groups excluding carboxylic acids is 1. The fourth-order valence-electron chi connectivity index (χ4n) is 3.87.